The lowest BCUT2D eigenvalue weighted by Gasteiger charge is -2.22. The van der Waals surface area contributed by atoms with Gasteiger partial charge in [0.25, 0.3) is 0 Å². The van der Waals surface area contributed by atoms with E-state index in [9.17, 15) is 14.4 Å². The maximum Gasteiger partial charge on any atom is 0.322 e. The highest BCUT2D eigenvalue weighted by Crippen LogP contribution is 2.19. The Bertz CT molecular complexity index is 539. The molecule has 0 spiro atoms. The number of hydrogen-bond donors (Lipinski definition) is 2. The van der Waals surface area contributed by atoms with Crippen molar-refractivity contribution < 1.29 is 14.4 Å². The molecule has 0 saturated carbocycles. The first-order valence-electron chi connectivity index (χ1n) is 6.47. The number of carbonyl (C=O) groups is 3. The lowest BCUT2D eigenvalue weighted by atomic mass is 10.1. The van der Waals surface area contributed by atoms with E-state index < -0.39 is 11.9 Å². The molecule has 20 heavy (non-hydrogen) atoms. The van der Waals surface area contributed by atoms with Gasteiger partial charge in [0, 0.05) is 17.8 Å². The van der Waals surface area contributed by atoms with Gasteiger partial charge < -0.3 is 16.0 Å². The zero-order valence-corrected chi connectivity index (χ0v) is 11.3. The highest BCUT2D eigenvalue weighted by molar-refractivity contribution is 5.96. The first-order chi connectivity index (χ1) is 9.49. The maximum absolute atomic E-state index is 12.1. The quantitative estimate of drug-likeness (QED) is 0.816. The van der Waals surface area contributed by atoms with Gasteiger partial charge >= 0.3 is 6.03 Å². The molecule has 1 aliphatic heterocycles. The molecule has 6 heteroatoms. The molecule has 1 aromatic carbocycles. The van der Waals surface area contributed by atoms with Crippen LogP contribution in [0.5, 0.6) is 0 Å². The Morgan fingerprint density at radius 1 is 1.25 bits per heavy atom. The predicted octanol–water partition coefficient (Wildman–Crippen LogP) is 1.37. The molecule has 2 rings (SSSR count). The molecule has 1 saturated heterocycles. The van der Waals surface area contributed by atoms with Crippen molar-refractivity contribution in [2.45, 2.75) is 25.8 Å². The number of rotatable bonds is 3. The van der Waals surface area contributed by atoms with Gasteiger partial charge in [0.2, 0.25) is 5.91 Å². The summed E-state index contributed by atoms with van der Waals surface area (Å²) in [6.45, 7) is 2.00. The van der Waals surface area contributed by atoms with E-state index in [0.29, 0.717) is 24.2 Å². The van der Waals surface area contributed by atoms with Gasteiger partial charge in [-0.3, -0.25) is 9.59 Å². The van der Waals surface area contributed by atoms with Gasteiger partial charge in [-0.1, -0.05) is 0 Å². The van der Waals surface area contributed by atoms with Gasteiger partial charge in [0.1, 0.15) is 6.04 Å². The van der Waals surface area contributed by atoms with Gasteiger partial charge in [0.05, 0.1) is 0 Å². The van der Waals surface area contributed by atoms with Crippen LogP contribution in [0.2, 0.25) is 0 Å². The van der Waals surface area contributed by atoms with E-state index >= 15 is 0 Å². The number of likely N-dealkylation sites (tertiary alicyclic amines) is 1. The Morgan fingerprint density at radius 3 is 2.45 bits per heavy atom. The summed E-state index contributed by atoms with van der Waals surface area (Å²) < 4.78 is 0. The third kappa shape index (κ3) is 2.96. The number of hydrogen-bond acceptors (Lipinski definition) is 3. The van der Waals surface area contributed by atoms with E-state index in [4.69, 9.17) is 5.73 Å². The third-order valence-corrected chi connectivity index (χ3v) is 3.38. The molecule has 0 aromatic heterocycles. The fraction of sp³-hybridized carbons (Fsp3) is 0.357. The fourth-order valence-corrected chi connectivity index (χ4v) is 2.29. The number of urea groups is 1. The molecular formula is C14H17N3O3. The zero-order chi connectivity index (χ0) is 14.7. The number of Topliss-reactive ketones (excluding diaryl/α,β-unsaturated/α-hetero) is 1. The second-order valence-corrected chi connectivity index (χ2v) is 4.82. The Morgan fingerprint density at radius 2 is 1.90 bits per heavy atom. The maximum atomic E-state index is 12.1. The molecule has 1 atom stereocenters. The first-order valence-corrected chi connectivity index (χ1v) is 6.47. The van der Waals surface area contributed by atoms with Gasteiger partial charge in [-0.15, -0.1) is 0 Å². The second kappa shape index (κ2) is 5.73. The van der Waals surface area contributed by atoms with Crippen LogP contribution in [0.25, 0.3) is 0 Å². The number of primary amides is 1. The summed E-state index contributed by atoms with van der Waals surface area (Å²) in [4.78, 5) is 35.9. The van der Waals surface area contributed by atoms with Crippen LogP contribution in [0.1, 0.15) is 30.1 Å². The van der Waals surface area contributed by atoms with Crippen LogP contribution in [-0.2, 0) is 4.79 Å². The molecule has 1 unspecified atom stereocenters. The van der Waals surface area contributed by atoms with Crippen molar-refractivity contribution in [2.24, 2.45) is 5.73 Å². The summed E-state index contributed by atoms with van der Waals surface area (Å²) in [5.74, 6) is -0.513. The number of anilines is 1. The van der Waals surface area contributed by atoms with Crippen LogP contribution in [0.4, 0.5) is 10.5 Å². The molecule has 1 heterocycles. The highest BCUT2D eigenvalue weighted by atomic mass is 16.2. The standard InChI is InChI=1S/C14H17N3O3/c1-9(18)10-4-6-11(7-5-10)16-14(20)17-8-2-3-12(17)13(15)19/h4-7,12H,2-3,8H2,1H3,(H2,15,19)(H,16,20). The van der Waals surface area contributed by atoms with E-state index in [0.717, 1.165) is 6.42 Å². The number of ketones is 1. The second-order valence-electron chi connectivity index (χ2n) is 4.82. The molecule has 6 nitrogen and oxygen atoms in total. The number of carbonyl (C=O) groups excluding carboxylic acids is 3. The van der Waals surface area contributed by atoms with Crippen molar-refractivity contribution in [2.75, 3.05) is 11.9 Å². The van der Waals surface area contributed by atoms with Gasteiger partial charge in [-0.05, 0) is 44.0 Å². The van der Waals surface area contributed by atoms with Crippen molar-refractivity contribution in [3.8, 4) is 0 Å². The van der Waals surface area contributed by atoms with E-state index in [1.807, 2.05) is 0 Å². The number of nitrogens with one attached hydrogen (secondary N) is 1. The van der Waals surface area contributed by atoms with E-state index in [1.54, 1.807) is 24.3 Å². The van der Waals surface area contributed by atoms with Gasteiger partial charge in [0.15, 0.2) is 5.78 Å². The number of nitrogens with zero attached hydrogens (tertiary/aromatic N) is 1. The molecule has 1 fully saturated rings. The van der Waals surface area contributed by atoms with Gasteiger partial charge in [-0.2, -0.15) is 0 Å². The van der Waals surface area contributed by atoms with Crippen molar-refractivity contribution in [1.82, 2.24) is 4.90 Å². The molecule has 1 aliphatic rings. The molecule has 3 amide bonds. The summed E-state index contributed by atoms with van der Waals surface area (Å²) in [5.41, 5.74) is 6.44. The van der Waals surface area contributed by atoms with Crippen LogP contribution >= 0.6 is 0 Å². The summed E-state index contributed by atoms with van der Waals surface area (Å²) in [6.07, 6.45) is 1.37. The molecule has 0 aliphatic carbocycles. The SMILES string of the molecule is CC(=O)c1ccc(NC(=O)N2CCCC2C(N)=O)cc1. The Kier molecular flexibility index (Phi) is 4.02. The zero-order valence-electron chi connectivity index (χ0n) is 11.3. The summed E-state index contributed by atoms with van der Waals surface area (Å²) in [7, 11) is 0. The van der Waals surface area contributed by atoms with Crippen LogP contribution in [-0.4, -0.2) is 35.2 Å². The lowest BCUT2D eigenvalue weighted by Crippen LogP contribution is -2.45. The highest BCUT2D eigenvalue weighted by Gasteiger charge is 2.32. The van der Waals surface area contributed by atoms with Crippen LogP contribution in [0.3, 0.4) is 0 Å². The first kappa shape index (κ1) is 14.0. The minimum Gasteiger partial charge on any atom is -0.368 e. The van der Waals surface area contributed by atoms with Crippen LogP contribution in [0, 0.1) is 0 Å². The van der Waals surface area contributed by atoms with Crippen molar-refractivity contribution in [1.29, 1.82) is 0 Å². The summed E-state index contributed by atoms with van der Waals surface area (Å²) in [5, 5.41) is 2.70. The molecule has 0 radical (unpaired) electrons. The minimum absolute atomic E-state index is 0.0313. The van der Waals surface area contributed by atoms with E-state index in [1.165, 1.54) is 11.8 Å². The molecule has 3 N–H and O–H groups in total. The Balaban J connectivity index is 2.04. The average molecular weight is 275 g/mol. The third-order valence-electron chi connectivity index (χ3n) is 3.38. The number of benzene rings is 1. The topological polar surface area (TPSA) is 92.5 Å². The van der Waals surface area contributed by atoms with Gasteiger partial charge in [-0.25, -0.2) is 4.79 Å². The smallest absolute Gasteiger partial charge is 0.322 e. The van der Waals surface area contributed by atoms with Crippen LogP contribution in [0.15, 0.2) is 24.3 Å². The van der Waals surface area contributed by atoms with Crippen molar-refractivity contribution >= 4 is 23.4 Å². The van der Waals surface area contributed by atoms with E-state index in [2.05, 4.69) is 5.32 Å². The van der Waals surface area contributed by atoms with Crippen LogP contribution < -0.4 is 11.1 Å². The summed E-state index contributed by atoms with van der Waals surface area (Å²) in [6, 6.07) is 5.72. The van der Waals surface area contributed by atoms with Crippen molar-refractivity contribution in [3.05, 3.63) is 29.8 Å². The number of nitrogens with two attached hydrogens (primary N) is 1. The Hall–Kier alpha value is -2.37. The molecular weight excluding hydrogens is 258 g/mol. The molecule has 0 bridgehead atoms. The average Bonchev–Trinajstić information content (AvgIpc) is 2.88. The van der Waals surface area contributed by atoms with E-state index in [-0.39, 0.29) is 11.8 Å². The monoisotopic (exact) mass is 275 g/mol. The normalized spacial score (nSPS) is 17.9. The largest absolute Gasteiger partial charge is 0.368 e. The fourth-order valence-electron chi connectivity index (χ4n) is 2.29. The van der Waals surface area contributed by atoms with Crippen molar-refractivity contribution in [3.63, 3.8) is 0 Å². The summed E-state index contributed by atoms with van der Waals surface area (Å²) >= 11 is 0. The minimum atomic E-state index is -0.536. The predicted molar refractivity (Wildman–Crippen MR) is 74.4 cm³/mol. The Labute approximate surface area is 116 Å². The lowest BCUT2D eigenvalue weighted by molar-refractivity contribution is -0.121. The molecule has 1 aromatic rings. The number of amides is 3. The molecule has 106 valence electrons.